The standard InChI is InChI=1S/C14H12N4O2/c1-9-14(19)18(2)12-5-11(3-4-13(12)20-9)17-8-10(6-15)7-16/h3-5,8-9,17H,1-2H3. The van der Waals surface area contributed by atoms with Gasteiger partial charge in [-0.1, -0.05) is 0 Å². The van der Waals surface area contributed by atoms with Gasteiger partial charge in [0.15, 0.2) is 6.10 Å². The molecule has 0 fully saturated rings. The van der Waals surface area contributed by atoms with Gasteiger partial charge < -0.3 is 15.0 Å². The van der Waals surface area contributed by atoms with Crippen LogP contribution in [0.2, 0.25) is 0 Å². The number of hydrogen-bond donors (Lipinski definition) is 1. The molecule has 20 heavy (non-hydrogen) atoms. The van der Waals surface area contributed by atoms with E-state index in [-0.39, 0.29) is 11.5 Å². The third kappa shape index (κ3) is 2.40. The summed E-state index contributed by atoms with van der Waals surface area (Å²) < 4.78 is 5.50. The molecule has 0 aliphatic carbocycles. The Morgan fingerprint density at radius 3 is 2.80 bits per heavy atom. The van der Waals surface area contributed by atoms with E-state index in [2.05, 4.69) is 5.32 Å². The summed E-state index contributed by atoms with van der Waals surface area (Å²) in [5, 5.41) is 20.1. The lowest BCUT2D eigenvalue weighted by atomic mass is 10.2. The second-order valence-electron chi connectivity index (χ2n) is 4.27. The number of fused-ring (bicyclic) bond motifs is 1. The largest absolute Gasteiger partial charge is 0.479 e. The van der Waals surface area contributed by atoms with Crippen LogP contribution in [-0.4, -0.2) is 19.1 Å². The Labute approximate surface area is 116 Å². The Kier molecular flexibility index (Phi) is 3.58. The van der Waals surface area contributed by atoms with Gasteiger partial charge >= 0.3 is 0 Å². The highest BCUT2D eigenvalue weighted by atomic mass is 16.5. The van der Waals surface area contributed by atoms with Crippen LogP contribution in [0.3, 0.4) is 0 Å². The number of benzene rings is 1. The minimum absolute atomic E-state index is 0.0305. The average Bonchev–Trinajstić information content (AvgIpc) is 2.46. The topological polar surface area (TPSA) is 89.2 Å². The summed E-state index contributed by atoms with van der Waals surface area (Å²) >= 11 is 0. The molecule has 1 aliphatic rings. The summed E-state index contributed by atoms with van der Waals surface area (Å²) in [6.45, 7) is 1.70. The Morgan fingerprint density at radius 1 is 1.45 bits per heavy atom. The zero-order chi connectivity index (χ0) is 14.7. The Balaban J connectivity index is 2.29. The number of hydrogen-bond acceptors (Lipinski definition) is 5. The number of rotatable bonds is 2. The third-order valence-electron chi connectivity index (χ3n) is 2.93. The van der Waals surface area contributed by atoms with E-state index < -0.39 is 6.10 Å². The van der Waals surface area contributed by atoms with Gasteiger partial charge in [0.05, 0.1) is 5.69 Å². The number of carbonyl (C=O) groups is 1. The molecule has 0 saturated heterocycles. The number of amides is 1. The fourth-order valence-corrected chi connectivity index (χ4v) is 1.85. The second kappa shape index (κ2) is 5.33. The summed E-state index contributed by atoms with van der Waals surface area (Å²) in [4.78, 5) is 13.4. The van der Waals surface area contributed by atoms with E-state index in [4.69, 9.17) is 15.3 Å². The molecule has 1 atom stereocenters. The second-order valence-corrected chi connectivity index (χ2v) is 4.27. The fourth-order valence-electron chi connectivity index (χ4n) is 1.85. The fraction of sp³-hybridized carbons (Fsp3) is 0.214. The van der Waals surface area contributed by atoms with Gasteiger partial charge in [-0.2, -0.15) is 10.5 Å². The van der Waals surface area contributed by atoms with Gasteiger partial charge in [0.25, 0.3) is 5.91 Å². The van der Waals surface area contributed by atoms with Gasteiger partial charge in [-0.15, -0.1) is 0 Å². The number of carbonyl (C=O) groups excluding carboxylic acids is 1. The number of nitrogens with zero attached hydrogens (tertiary/aromatic N) is 3. The molecule has 0 bridgehead atoms. The molecule has 2 rings (SSSR count). The molecular weight excluding hydrogens is 256 g/mol. The van der Waals surface area contributed by atoms with Crippen molar-refractivity contribution in [1.29, 1.82) is 10.5 Å². The van der Waals surface area contributed by atoms with E-state index in [1.807, 2.05) is 0 Å². The zero-order valence-electron chi connectivity index (χ0n) is 11.0. The van der Waals surface area contributed by atoms with Crippen molar-refractivity contribution in [3.63, 3.8) is 0 Å². The molecule has 1 aliphatic heterocycles. The molecule has 1 aromatic carbocycles. The summed E-state index contributed by atoms with van der Waals surface area (Å²) in [5.41, 5.74) is 1.27. The highest BCUT2D eigenvalue weighted by Gasteiger charge is 2.28. The predicted octanol–water partition coefficient (Wildman–Crippen LogP) is 1.77. The molecule has 1 heterocycles. The SMILES string of the molecule is CC1Oc2ccc(NC=C(C#N)C#N)cc2N(C)C1=O. The van der Waals surface area contributed by atoms with Crippen molar-refractivity contribution in [2.24, 2.45) is 0 Å². The van der Waals surface area contributed by atoms with Crippen LogP contribution in [0.25, 0.3) is 0 Å². The Bertz CT molecular complexity index is 651. The first-order valence-electron chi connectivity index (χ1n) is 5.92. The monoisotopic (exact) mass is 268 g/mol. The molecular formula is C14H12N4O2. The first-order chi connectivity index (χ1) is 9.56. The first kappa shape index (κ1) is 13.4. The first-order valence-corrected chi connectivity index (χ1v) is 5.92. The lowest BCUT2D eigenvalue weighted by Gasteiger charge is -2.30. The molecule has 1 unspecified atom stereocenters. The molecule has 6 nitrogen and oxygen atoms in total. The molecule has 6 heteroatoms. The normalized spacial score (nSPS) is 16.3. The number of ether oxygens (including phenoxy) is 1. The van der Waals surface area contributed by atoms with E-state index >= 15 is 0 Å². The van der Waals surface area contributed by atoms with Crippen molar-refractivity contribution in [2.45, 2.75) is 13.0 Å². The summed E-state index contributed by atoms with van der Waals surface area (Å²) in [6.07, 6.45) is 0.811. The molecule has 1 amide bonds. The van der Waals surface area contributed by atoms with Crippen molar-refractivity contribution >= 4 is 17.3 Å². The van der Waals surface area contributed by atoms with Gasteiger partial charge in [-0.3, -0.25) is 4.79 Å². The van der Waals surface area contributed by atoms with Crippen molar-refractivity contribution in [2.75, 3.05) is 17.3 Å². The maximum atomic E-state index is 11.8. The van der Waals surface area contributed by atoms with Crippen LogP contribution in [0.15, 0.2) is 30.0 Å². The third-order valence-corrected chi connectivity index (χ3v) is 2.93. The van der Waals surface area contributed by atoms with E-state index in [1.165, 1.54) is 11.1 Å². The smallest absolute Gasteiger partial charge is 0.267 e. The summed E-state index contributed by atoms with van der Waals surface area (Å²) in [6, 6.07) is 8.72. The van der Waals surface area contributed by atoms with E-state index in [1.54, 1.807) is 44.3 Å². The summed E-state index contributed by atoms with van der Waals surface area (Å²) in [7, 11) is 1.68. The predicted molar refractivity (Wildman–Crippen MR) is 72.9 cm³/mol. The lowest BCUT2D eigenvalue weighted by molar-refractivity contribution is -0.125. The van der Waals surface area contributed by atoms with E-state index in [0.29, 0.717) is 17.1 Å². The highest BCUT2D eigenvalue weighted by molar-refractivity contribution is 5.99. The van der Waals surface area contributed by atoms with Gasteiger partial charge in [0.1, 0.15) is 23.5 Å². The average molecular weight is 268 g/mol. The van der Waals surface area contributed by atoms with Gasteiger partial charge in [0.2, 0.25) is 0 Å². The number of nitriles is 2. The van der Waals surface area contributed by atoms with Crippen molar-refractivity contribution in [1.82, 2.24) is 0 Å². The quantitative estimate of drug-likeness (QED) is 0.826. The van der Waals surface area contributed by atoms with Crippen LogP contribution in [-0.2, 0) is 4.79 Å². The van der Waals surface area contributed by atoms with Crippen molar-refractivity contribution in [3.8, 4) is 17.9 Å². The van der Waals surface area contributed by atoms with Crippen LogP contribution >= 0.6 is 0 Å². The molecule has 1 N–H and O–H groups in total. The van der Waals surface area contributed by atoms with Gasteiger partial charge in [-0.05, 0) is 25.1 Å². The number of allylic oxidation sites excluding steroid dienone is 1. The number of anilines is 2. The number of likely N-dealkylation sites (N-methyl/N-ethyl adjacent to an activating group) is 1. The zero-order valence-corrected chi connectivity index (χ0v) is 11.0. The van der Waals surface area contributed by atoms with Crippen LogP contribution in [0.4, 0.5) is 11.4 Å². The molecule has 0 saturated carbocycles. The molecule has 0 spiro atoms. The Morgan fingerprint density at radius 2 is 2.15 bits per heavy atom. The van der Waals surface area contributed by atoms with E-state index in [9.17, 15) is 4.79 Å². The molecule has 0 aromatic heterocycles. The minimum atomic E-state index is -0.505. The molecule has 100 valence electrons. The van der Waals surface area contributed by atoms with Crippen molar-refractivity contribution < 1.29 is 9.53 Å². The lowest BCUT2D eigenvalue weighted by Crippen LogP contribution is -2.41. The van der Waals surface area contributed by atoms with Crippen LogP contribution in [0, 0.1) is 22.7 Å². The molecule has 0 radical (unpaired) electrons. The van der Waals surface area contributed by atoms with Crippen LogP contribution in [0.1, 0.15) is 6.92 Å². The van der Waals surface area contributed by atoms with Crippen LogP contribution < -0.4 is 15.0 Å². The van der Waals surface area contributed by atoms with Gasteiger partial charge in [-0.25, -0.2) is 0 Å². The highest BCUT2D eigenvalue weighted by Crippen LogP contribution is 2.35. The number of nitrogens with one attached hydrogen (secondary N) is 1. The Hall–Kier alpha value is -2.99. The maximum absolute atomic E-state index is 11.8. The molecule has 1 aromatic rings. The minimum Gasteiger partial charge on any atom is -0.479 e. The van der Waals surface area contributed by atoms with Crippen molar-refractivity contribution in [3.05, 3.63) is 30.0 Å². The maximum Gasteiger partial charge on any atom is 0.267 e. The van der Waals surface area contributed by atoms with E-state index in [0.717, 1.165) is 0 Å². The van der Waals surface area contributed by atoms with Crippen LogP contribution in [0.5, 0.6) is 5.75 Å². The van der Waals surface area contributed by atoms with Gasteiger partial charge in [0, 0.05) is 18.9 Å². The summed E-state index contributed by atoms with van der Waals surface area (Å²) in [5.74, 6) is 0.495.